The molecule has 1 atom stereocenters. The van der Waals surface area contributed by atoms with Crippen LogP contribution in [0.5, 0.6) is 0 Å². The minimum Gasteiger partial charge on any atom is -0.385 e. The van der Waals surface area contributed by atoms with E-state index in [0.29, 0.717) is 13.0 Å². The third-order valence-electron chi connectivity index (χ3n) is 3.65. The zero-order valence-electron chi connectivity index (χ0n) is 12.9. The van der Waals surface area contributed by atoms with Crippen LogP contribution in [0.3, 0.4) is 0 Å². The monoisotopic (exact) mass is 342 g/mol. The van der Waals surface area contributed by atoms with Gasteiger partial charge in [-0.1, -0.05) is 0 Å². The van der Waals surface area contributed by atoms with Gasteiger partial charge in [0.05, 0.1) is 4.92 Å². The van der Waals surface area contributed by atoms with Crippen LogP contribution in [0.15, 0.2) is 24.3 Å². The lowest BCUT2D eigenvalue weighted by Gasteiger charge is -2.23. The quantitative estimate of drug-likeness (QED) is 0.400. The highest BCUT2D eigenvalue weighted by molar-refractivity contribution is 5.85. The zero-order chi connectivity index (χ0) is 15.8. The summed E-state index contributed by atoms with van der Waals surface area (Å²) in [4.78, 5) is 21.9. The minimum absolute atomic E-state index is 0. The molecule has 1 aliphatic heterocycles. The summed E-state index contributed by atoms with van der Waals surface area (Å²) < 4.78 is 0. The molecule has 2 rings (SSSR count). The van der Waals surface area contributed by atoms with Crippen LogP contribution in [0.4, 0.5) is 11.4 Å². The molecule has 1 aromatic rings. The van der Waals surface area contributed by atoms with Gasteiger partial charge in [0.25, 0.3) is 5.69 Å². The molecular formula is C15H23ClN4O3. The van der Waals surface area contributed by atoms with Crippen LogP contribution < -0.4 is 16.0 Å². The molecule has 1 aromatic carbocycles. The van der Waals surface area contributed by atoms with Gasteiger partial charge < -0.3 is 16.0 Å². The van der Waals surface area contributed by atoms with Crippen molar-refractivity contribution in [3.8, 4) is 0 Å². The number of nitrogens with zero attached hydrogens (tertiary/aromatic N) is 1. The first kappa shape index (κ1) is 19.2. The molecule has 0 aliphatic carbocycles. The van der Waals surface area contributed by atoms with E-state index in [1.165, 1.54) is 12.1 Å². The Bertz CT molecular complexity index is 504. The van der Waals surface area contributed by atoms with Crippen LogP contribution in [0.1, 0.15) is 25.7 Å². The lowest BCUT2D eigenvalue weighted by Crippen LogP contribution is -2.45. The van der Waals surface area contributed by atoms with Crippen LogP contribution >= 0.6 is 12.4 Å². The summed E-state index contributed by atoms with van der Waals surface area (Å²) in [5.74, 6) is 0.0826. The predicted molar refractivity (Wildman–Crippen MR) is 92.1 cm³/mol. The van der Waals surface area contributed by atoms with Crippen LogP contribution in [0, 0.1) is 10.1 Å². The number of rotatable bonds is 7. The highest BCUT2D eigenvalue weighted by atomic mass is 35.5. The van der Waals surface area contributed by atoms with Gasteiger partial charge in [-0.25, -0.2) is 0 Å². The molecule has 0 radical (unpaired) electrons. The maximum atomic E-state index is 11.8. The smallest absolute Gasteiger partial charge is 0.269 e. The maximum absolute atomic E-state index is 11.8. The Morgan fingerprint density at radius 2 is 2.09 bits per heavy atom. The number of halogens is 1. The number of amides is 1. The number of nitrogens with one attached hydrogen (secondary N) is 3. The van der Waals surface area contributed by atoms with E-state index in [1.54, 1.807) is 12.1 Å². The number of nitro groups is 1. The normalized spacial score (nSPS) is 17.0. The molecule has 0 spiro atoms. The van der Waals surface area contributed by atoms with E-state index in [0.717, 1.165) is 38.0 Å². The Morgan fingerprint density at radius 1 is 1.35 bits per heavy atom. The third-order valence-corrected chi connectivity index (χ3v) is 3.65. The first-order chi connectivity index (χ1) is 10.6. The predicted octanol–water partition coefficient (Wildman–Crippen LogP) is 2.08. The SMILES string of the molecule is Cl.O=C(CCCNc1ccc([N+](=O)[O-])cc1)NC1CCCNC1. The summed E-state index contributed by atoms with van der Waals surface area (Å²) in [6.45, 7) is 2.55. The first-order valence-corrected chi connectivity index (χ1v) is 7.63. The molecule has 8 heteroatoms. The van der Waals surface area contributed by atoms with E-state index in [1.807, 2.05) is 0 Å². The number of carbonyl (C=O) groups excluding carboxylic acids is 1. The molecule has 1 amide bonds. The van der Waals surface area contributed by atoms with Gasteiger partial charge in [-0.3, -0.25) is 14.9 Å². The molecule has 23 heavy (non-hydrogen) atoms. The van der Waals surface area contributed by atoms with Gasteiger partial charge in [-0.05, 0) is 37.9 Å². The average Bonchev–Trinajstić information content (AvgIpc) is 2.53. The summed E-state index contributed by atoms with van der Waals surface area (Å²) in [5, 5.41) is 20.0. The summed E-state index contributed by atoms with van der Waals surface area (Å²) in [6.07, 6.45) is 3.35. The van der Waals surface area contributed by atoms with Crippen LogP contribution in [-0.4, -0.2) is 36.5 Å². The minimum atomic E-state index is -0.422. The van der Waals surface area contributed by atoms with Gasteiger partial charge in [-0.2, -0.15) is 0 Å². The van der Waals surface area contributed by atoms with Gasteiger partial charge in [-0.15, -0.1) is 12.4 Å². The van der Waals surface area contributed by atoms with Gasteiger partial charge in [0.15, 0.2) is 0 Å². The molecule has 7 nitrogen and oxygen atoms in total. The summed E-state index contributed by atoms with van der Waals surface area (Å²) >= 11 is 0. The Balaban J connectivity index is 0.00000264. The van der Waals surface area contributed by atoms with Gasteiger partial charge in [0.2, 0.25) is 5.91 Å². The van der Waals surface area contributed by atoms with Gasteiger partial charge in [0, 0.05) is 43.4 Å². The summed E-state index contributed by atoms with van der Waals surface area (Å²) in [5.41, 5.74) is 0.897. The second-order valence-corrected chi connectivity index (χ2v) is 5.45. The van der Waals surface area contributed by atoms with Gasteiger partial charge >= 0.3 is 0 Å². The molecular weight excluding hydrogens is 320 g/mol. The summed E-state index contributed by atoms with van der Waals surface area (Å²) in [7, 11) is 0. The third kappa shape index (κ3) is 6.83. The summed E-state index contributed by atoms with van der Waals surface area (Å²) in [6, 6.07) is 6.53. The van der Waals surface area contributed by atoms with Crippen molar-refractivity contribution in [1.82, 2.24) is 10.6 Å². The fourth-order valence-corrected chi connectivity index (χ4v) is 2.46. The largest absolute Gasteiger partial charge is 0.385 e. The van der Waals surface area contributed by atoms with Crippen molar-refractivity contribution in [2.24, 2.45) is 0 Å². The highest BCUT2D eigenvalue weighted by Gasteiger charge is 2.14. The maximum Gasteiger partial charge on any atom is 0.269 e. The molecule has 1 heterocycles. The first-order valence-electron chi connectivity index (χ1n) is 7.63. The molecule has 1 saturated heterocycles. The van der Waals surface area contributed by atoms with Crippen molar-refractivity contribution in [2.75, 3.05) is 25.0 Å². The number of hydrogen-bond donors (Lipinski definition) is 3. The molecule has 0 bridgehead atoms. The van der Waals surface area contributed by atoms with Crippen molar-refractivity contribution >= 4 is 29.7 Å². The number of benzene rings is 1. The van der Waals surface area contributed by atoms with Crippen molar-refractivity contribution < 1.29 is 9.72 Å². The fraction of sp³-hybridized carbons (Fsp3) is 0.533. The number of anilines is 1. The highest BCUT2D eigenvalue weighted by Crippen LogP contribution is 2.15. The lowest BCUT2D eigenvalue weighted by atomic mass is 10.1. The molecule has 1 aliphatic rings. The number of non-ortho nitro benzene ring substituents is 1. The number of piperidine rings is 1. The van der Waals surface area contributed by atoms with Crippen molar-refractivity contribution in [3.05, 3.63) is 34.4 Å². The van der Waals surface area contributed by atoms with Crippen molar-refractivity contribution in [2.45, 2.75) is 31.7 Å². The standard InChI is InChI=1S/C15H22N4O3.ClH/c20-15(18-13-3-1-9-16-11-13)4-2-10-17-12-5-7-14(8-6-12)19(21)22;/h5-8,13,16-17H,1-4,9-11H2,(H,18,20);1H. The number of nitro benzene ring substituents is 1. The molecule has 1 fully saturated rings. The fourth-order valence-electron chi connectivity index (χ4n) is 2.46. The molecule has 1 unspecified atom stereocenters. The average molecular weight is 343 g/mol. The van der Waals surface area contributed by atoms with E-state index in [2.05, 4.69) is 16.0 Å². The van der Waals surface area contributed by atoms with Crippen LogP contribution in [0.25, 0.3) is 0 Å². The molecule has 0 saturated carbocycles. The van der Waals surface area contributed by atoms with E-state index >= 15 is 0 Å². The lowest BCUT2D eigenvalue weighted by molar-refractivity contribution is -0.384. The van der Waals surface area contributed by atoms with E-state index in [-0.39, 0.29) is 30.0 Å². The Kier molecular flexibility index (Phi) is 8.36. The van der Waals surface area contributed by atoms with Crippen molar-refractivity contribution in [3.63, 3.8) is 0 Å². The van der Waals surface area contributed by atoms with Crippen LogP contribution in [0.2, 0.25) is 0 Å². The molecule has 3 N–H and O–H groups in total. The molecule has 0 aromatic heterocycles. The molecule has 128 valence electrons. The Morgan fingerprint density at radius 3 is 2.70 bits per heavy atom. The Hall–Kier alpha value is -1.86. The van der Waals surface area contributed by atoms with E-state index < -0.39 is 4.92 Å². The second kappa shape index (κ2) is 10.0. The van der Waals surface area contributed by atoms with Gasteiger partial charge in [0.1, 0.15) is 0 Å². The van der Waals surface area contributed by atoms with Crippen LogP contribution in [-0.2, 0) is 4.79 Å². The number of carbonyl (C=O) groups is 1. The van der Waals surface area contributed by atoms with E-state index in [4.69, 9.17) is 0 Å². The second-order valence-electron chi connectivity index (χ2n) is 5.45. The number of hydrogen-bond acceptors (Lipinski definition) is 5. The Labute approximate surface area is 141 Å². The van der Waals surface area contributed by atoms with E-state index in [9.17, 15) is 14.9 Å². The zero-order valence-corrected chi connectivity index (χ0v) is 13.7. The van der Waals surface area contributed by atoms with Crippen molar-refractivity contribution in [1.29, 1.82) is 0 Å². The topological polar surface area (TPSA) is 96.3 Å².